The number of amides is 2. The Morgan fingerprint density at radius 1 is 0.931 bits per heavy atom. The second-order valence-corrected chi connectivity index (χ2v) is 7.56. The average molecular weight is 458 g/mol. The third-order valence-electron chi connectivity index (χ3n) is 4.44. The molecule has 2 aromatic carbocycles. The molecule has 1 atom stereocenters. The van der Waals surface area contributed by atoms with Crippen LogP contribution in [0.25, 0.3) is 0 Å². The second kappa shape index (κ2) is 9.48. The van der Waals surface area contributed by atoms with Crippen LogP contribution in [0.2, 0.25) is 15.1 Å². The average Bonchev–Trinajstić information content (AvgIpc) is 2.70. The maximum absolute atomic E-state index is 13.2. The Hall–Kier alpha value is -2.28. The van der Waals surface area contributed by atoms with Crippen LogP contribution in [0.5, 0.6) is 0 Å². The van der Waals surface area contributed by atoms with E-state index < -0.39 is 17.8 Å². The highest BCUT2D eigenvalue weighted by atomic mass is 35.5. The molecule has 1 unspecified atom stereocenters. The lowest BCUT2D eigenvalue weighted by Crippen LogP contribution is -2.51. The maximum atomic E-state index is 13.2. The zero-order chi connectivity index (χ0) is 21.9. The first-order valence-corrected chi connectivity index (χ1v) is 9.81. The molecule has 0 aliphatic heterocycles. The highest BCUT2D eigenvalue weighted by molar-refractivity contribution is 6.48. The molecule has 2 aromatic rings. The van der Waals surface area contributed by atoms with Gasteiger partial charge < -0.3 is 5.11 Å². The standard InChI is InChI=1S/C20H19Cl3N2O4/c1-4-11(2)25(19(27)14-9-15(21)17(23)16(22)10-14)24(3)18(26)12-5-7-13(8-6-12)20(28)29/h5-11H,4H2,1-3H3,(H,28,29). The second-order valence-electron chi connectivity index (χ2n) is 6.37. The summed E-state index contributed by atoms with van der Waals surface area (Å²) in [5.74, 6) is -2.04. The molecule has 0 aromatic heterocycles. The molecule has 0 aliphatic rings. The monoisotopic (exact) mass is 456 g/mol. The Kier molecular flexibility index (Phi) is 7.52. The van der Waals surface area contributed by atoms with Crippen molar-refractivity contribution in [3.05, 3.63) is 68.2 Å². The van der Waals surface area contributed by atoms with Gasteiger partial charge in [-0.1, -0.05) is 41.7 Å². The van der Waals surface area contributed by atoms with Gasteiger partial charge in [-0.25, -0.2) is 9.80 Å². The minimum atomic E-state index is -1.09. The lowest BCUT2D eigenvalue weighted by atomic mass is 10.1. The van der Waals surface area contributed by atoms with E-state index in [0.717, 1.165) is 0 Å². The van der Waals surface area contributed by atoms with Crippen molar-refractivity contribution in [2.24, 2.45) is 0 Å². The summed E-state index contributed by atoms with van der Waals surface area (Å²) in [5.41, 5.74) is 0.487. The maximum Gasteiger partial charge on any atom is 0.335 e. The number of aromatic carboxylic acids is 1. The number of nitrogens with zero attached hydrogens (tertiary/aromatic N) is 2. The molecule has 29 heavy (non-hydrogen) atoms. The van der Waals surface area contributed by atoms with Gasteiger partial charge in [-0.2, -0.15) is 0 Å². The zero-order valence-corrected chi connectivity index (χ0v) is 18.2. The molecule has 0 bridgehead atoms. The SMILES string of the molecule is CCC(C)N(C(=O)c1cc(Cl)c(Cl)c(Cl)c1)N(C)C(=O)c1ccc(C(=O)O)cc1. The zero-order valence-electron chi connectivity index (χ0n) is 15.9. The van der Waals surface area contributed by atoms with Gasteiger partial charge in [-0.3, -0.25) is 14.6 Å². The summed E-state index contributed by atoms with van der Waals surface area (Å²) >= 11 is 18.0. The first-order valence-electron chi connectivity index (χ1n) is 8.67. The summed E-state index contributed by atoms with van der Waals surface area (Å²) in [5, 5.41) is 11.9. The molecule has 2 rings (SSSR count). The van der Waals surface area contributed by atoms with Crippen molar-refractivity contribution in [1.29, 1.82) is 0 Å². The van der Waals surface area contributed by atoms with Crippen molar-refractivity contribution in [1.82, 2.24) is 10.0 Å². The van der Waals surface area contributed by atoms with Crippen molar-refractivity contribution in [2.45, 2.75) is 26.3 Å². The van der Waals surface area contributed by atoms with Crippen molar-refractivity contribution in [3.8, 4) is 0 Å². The molecule has 0 aliphatic carbocycles. The summed E-state index contributed by atoms with van der Waals surface area (Å²) in [7, 11) is 1.47. The Balaban J connectivity index is 2.39. The van der Waals surface area contributed by atoms with Gasteiger partial charge in [-0.15, -0.1) is 0 Å². The van der Waals surface area contributed by atoms with Crippen LogP contribution in [-0.2, 0) is 0 Å². The van der Waals surface area contributed by atoms with E-state index in [9.17, 15) is 14.4 Å². The van der Waals surface area contributed by atoms with Crippen LogP contribution >= 0.6 is 34.8 Å². The minimum absolute atomic E-state index is 0.0597. The van der Waals surface area contributed by atoms with E-state index in [1.54, 1.807) is 6.92 Å². The fourth-order valence-electron chi connectivity index (χ4n) is 2.66. The van der Waals surface area contributed by atoms with Crippen LogP contribution in [-0.4, -0.2) is 46.0 Å². The fraction of sp³-hybridized carbons (Fsp3) is 0.250. The van der Waals surface area contributed by atoms with Crippen molar-refractivity contribution in [3.63, 3.8) is 0 Å². The van der Waals surface area contributed by atoms with E-state index >= 15 is 0 Å². The van der Waals surface area contributed by atoms with Gasteiger partial charge in [0, 0.05) is 18.2 Å². The number of hydrazine groups is 1. The first-order chi connectivity index (χ1) is 13.6. The van der Waals surface area contributed by atoms with E-state index in [1.165, 1.54) is 53.5 Å². The normalized spacial score (nSPS) is 11.7. The van der Waals surface area contributed by atoms with Crippen LogP contribution < -0.4 is 0 Å². The van der Waals surface area contributed by atoms with Gasteiger partial charge in [-0.05, 0) is 49.7 Å². The molecule has 0 saturated carbocycles. The Bertz CT molecular complexity index is 924. The number of hydrogen-bond donors (Lipinski definition) is 1. The molecule has 0 fully saturated rings. The topological polar surface area (TPSA) is 77.9 Å². The lowest BCUT2D eigenvalue weighted by molar-refractivity contribution is -0.00879. The van der Waals surface area contributed by atoms with Crippen LogP contribution in [0.4, 0.5) is 0 Å². The largest absolute Gasteiger partial charge is 0.478 e. The van der Waals surface area contributed by atoms with Crippen LogP contribution in [0.3, 0.4) is 0 Å². The van der Waals surface area contributed by atoms with Gasteiger partial charge >= 0.3 is 5.97 Å². The summed E-state index contributed by atoms with van der Waals surface area (Å²) in [6.07, 6.45) is 0.580. The molecule has 1 N–H and O–H groups in total. The molecular formula is C20H19Cl3N2O4. The number of carboxylic acid groups (broad SMARTS) is 1. The number of rotatable bonds is 5. The quantitative estimate of drug-likeness (QED) is 0.490. The summed E-state index contributed by atoms with van der Waals surface area (Å²) in [4.78, 5) is 37.1. The van der Waals surface area contributed by atoms with Gasteiger partial charge in [0.2, 0.25) is 0 Å². The first kappa shape index (κ1) is 23.0. The number of benzene rings is 2. The van der Waals surface area contributed by atoms with Gasteiger partial charge in [0.1, 0.15) is 0 Å². The lowest BCUT2D eigenvalue weighted by Gasteiger charge is -2.36. The van der Waals surface area contributed by atoms with Gasteiger partial charge in [0.15, 0.2) is 0 Å². The molecule has 0 spiro atoms. The number of carbonyl (C=O) groups is 3. The molecule has 0 radical (unpaired) electrons. The smallest absolute Gasteiger partial charge is 0.335 e. The molecule has 0 heterocycles. The van der Waals surface area contributed by atoms with Crippen molar-refractivity contribution >= 4 is 52.6 Å². The van der Waals surface area contributed by atoms with Crippen LogP contribution in [0.1, 0.15) is 51.3 Å². The highest BCUT2D eigenvalue weighted by Gasteiger charge is 2.29. The predicted molar refractivity (Wildman–Crippen MR) is 113 cm³/mol. The molecule has 2 amide bonds. The van der Waals surface area contributed by atoms with Crippen LogP contribution in [0.15, 0.2) is 36.4 Å². The molecule has 6 nitrogen and oxygen atoms in total. The highest BCUT2D eigenvalue weighted by Crippen LogP contribution is 2.32. The van der Waals surface area contributed by atoms with E-state index in [4.69, 9.17) is 39.9 Å². The summed E-state index contributed by atoms with van der Waals surface area (Å²) < 4.78 is 0. The van der Waals surface area contributed by atoms with E-state index in [2.05, 4.69) is 0 Å². The number of halogens is 3. The van der Waals surface area contributed by atoms with Gasteiger partial charge in [0.25, 0.3) is 11.8 Å². The van der Waals surface area contributed by atoms with Gasteiger partial charge in [0.05, 0.1) is 26.7 Å². The summed E-state index contributed by atoms with van der Waals surface area (Å²) in [6.45, 7) is 3.68. The predicted octanol–water partition coefficient (Wildman–Crippen LogP) is 5.27. The number of hydrogen-bond acceptors (Lipinski definition) is 3. The fourth-order valence-corrected chi connectivity index (χ4v) is 3.25. The molecule has 154 valence electrons. The Morgan fingerprint density at radius 2 is 1.41 bits per heavy atom. The number of carbonyl (C=O) groups excluding carboxylic acids is 2. The number of carboxylic acids is 1. The molecule has 9 heteroatoms. The van der Waals surface area contributed by atoms with Crippen molar-refractivity contribution in [2.75, 3.05) is 7.05 Å². The van der Waals surface area contributed by atoms with E-state index in [0.29, 0.717) is 6.42 Å². The summed E-state index contributed by atoms with van der Waals surface area (Å²) in [6, 6.07) is 7.94. The minimum Gasteiger partial charge on any atom is -0.478 e. The Labute approximate surface area is 183 Å². The van der Waals surface area contributed by atoms with E-state index in [1.807, 2.05) is 6.92 Å². The van der Waals surface area contributed by atoms with Crippen molar-refractivity contribution < 1.29 is 19.5 Å². The van der Waals surface area contributed by atoms with Crippen LogP contribution in [0, 0.1) is 0 Å². The molecule has 0 saturated heterocycles. The third-order valence-corrected chi connectivity index (χ3v) is 5.64. The Morgan fingerprint density at radius 3 is 1.86 bits per heavy atom. The molecular weight excluding hydrogens is 439 g/mol. The van der Waals surface area contributed by atoms with E-state index in [-0.39, 0.29) is 37.8 Å². The third kappa shape index (κ3) is 5.01.